The van der Waals surface area contributed by atoms with Crippen molar-refractivity contribution < 1.29 is 35.9 Å². The molecule has 11 nitrogen and oxygen atoms in total. The molecular formula is C23H31F3N6O5S2. The van der Waals surface area contributed by atoms with Gasteiger partial charge in [-0.25, -0.2) is 4.79 Å². The molecule has 2 heterocycles. The van der Waals surface area contributed by atoms with Crippen LogP contribution in [-0.2, 0) is 25.9 Å². The molecule has 0 amide bonds. The van der Waals surface area contributed by atoms with E-state index in [-0.39, 0.29) is 40.8 Å². The number of benzene rings is 1. The molecule has 0 radical (unpaired) electrons. The smallest absolute Gasteiger partial charge is 0.458 e. The van der Waals surface area contributed by atoms with Gasteiger partial charge in [-0.05, 0) is 43.4 Å². The van der Waals surface area contributed by atoms with Crippen LogP contribution in [0.1, 0.15) is 61.3 Å². The largest absolute Gasteiger partial charge is 0.516 e. The third kappa shape index (κ3) is 7.85. The van der Waals surface area contributed by atoms with Crippen molar-refractivity contribution in [2.45, 2.75) is 63.9 Å². The Labute approximate surface area is 228 Å². The Morgan fingerprint density at radius 2 is 1.97 bits per heavy atom. The first-order valence-corrected chi connectivity index (χ1v) is 14.7. The maximum atomic E-state index is 13.2. The van der Waals surface area contributed by atoms with Crippen molar-refractivity contribution in [3.63, 3.8) is 0 Å². The number of rotatable bonds is 13. The first-order valence-electron chi connectivity index (χ1n) is 12.4. The molecule has 3 rings (SSSR count). The molecule has 216 valence electrons. The Kier molecular flexibility index (Phi) is 10.6. The summed E-state index contributed by atoms with van der Waals surface area (Å²) in [6.45, 7) is 5.02. The monoisotopic (exact) mass is 592 g/mol. The zero-order chi connectivity index (χ0) is 28.6. The van der Waals surface area contributed by atoms with E-state index in [2.05, 4.69) is 32.2 Å². The molecule has 1 atom stereocenters. The number of hydrogen-bond donors (Lipinski definition) is 1. The number of ether oxygens (including phenoxy) is 2. The first kappa shape index (κ1) is 30.7. The SMILES string of the molecule is CCCCCN1c2cc(NS(=O)(=O)C(F)(F)F)c(N=Nc3nnc(C(=O)OCCOC)s3)cc2CCC1CC. The highest BCUT2D eigenvalue weighted by molar-refractivity contribution is 7.93. The minimum absolute atomic E-state index is 0.0119. The summed E-state index contributed by atoms with van der Waals surface area (Å²) >= 11 is 0.760. The number of carbonyl (C=O) groups is 1. The highest BCUT2D eigenvalue weighted by atomic mass is 32.2. The molecule has 1 unspecified atom stereocenters. The number of methoxy groups -OCH3 is 1. The number of nitrogens with one attached hydrogen (secondary N) is 1. The second kappa shape index (κ2) is 13.5. The van der Waals surface area contributed by atoms with Crippen LogP contribution in [0.25, 0.3) is 0 Å². The third-order valence-corrected chi connectivity index (χ3v) is 7.96. The molecule has 1 aromatic carbocycles. The van der Waals surface area contributed by atoms with Gasteiger partial charge < -0.3 is 14.4 Å². The number of unbranched alkanes of at least 4 members (excludes halogenated alkanes) is 2. The number of azo groups is 1. The number of sulfonamides is 1. The summed E-state index contributed by atoms with van der Waals surface area (Å²) in [5.74, 6) is -0.743. The zero-order valence-electron chi connectivity index (χ0n) is 21.8. The van der Waals surface area contributed by atoms with E-state index < -0.39 is 21.5 Å². The molecule has 1 aromatic heterocycles. The number of halogens is 3. The van der Waals surface area contributed by atoms with Gasteiger partial charge in [0.25, 0.3) is 5.13 Å². The minimum atomic E-state index is -5.73. The average molecular weight is 593 g/mol. The van der Waals surface area contributed by atoms with Gasteiger partial charge in [-0.1, -0.05) is 38.0 Å². The molecule has 0 aliphatic carbocycles. The maximum absolute atomic E-state index is 13.2. The normalized spacial score (nSPS) is 15.9. The number of nitrogens with zero attached hydrogens (tertiary/aromatic N) is 5. The fraction of sp³-hybridized carbons (Fsp3) is 0.609. The quantitative estimate of drug-likeness (QED) is 0.177. The van der Waals surface area contributed by atoms with Crippen molar-refractivity contribution in [2.24, 2.45) is 10.2 Å². The number of carbonyl (C=O) groups excluding carboxylic acids is 1. The van der Waals surface area contributed by atoms with Gasteiger partial charge in [0.15, 0.2) is 0 Å². The lowest BCUT2D eigenvalue weighted by molar-refractivity contribution is -0.0429. The third-order valence-electron chi connectivity index (χ3n) is 6.07. The van der Waals surface area contributed by atoms with Crippen LogP contribution in [0.4, 0.5) is 35.4 Å². The van der Waals surface area contributed by atoms with E-state index in [4.69, 9.17) is 9.47 Å². The van der Waals surface area contributed by atoms with E-state index >= 15 is 0 Å². The number of aromatic nitrogens is 2. The number of hydrogen-bond acceptors (Lipinski definition) is 11. The lowest BCUT2D eigenvalue weighted by atomic mass is 9.93. The van der Waals surface area contributed by atoms with Crippen molar-refractivity contribution in [2.75, 3.05) is 36.5 Å². The molecule has 16 heteroatoms. The van der Waals surface area contributed by atoms with Gasteiger partial charge in [-0.2, -0.15) is 21.6 Å². The van der Waals surface area contributed by atoms with Gasteiger partial charge in [0.1, 0.15) is 12.3 Å². The number of fused-ring (bicyclic) bond motifs is 1. The lowest BCUT2D eigenvalue weighted by Crippen LogP contribution is -2.39. The predicted octanol–water partition coefficient (Wildman–Crippen LogP) is 5.74. The van der Waals surface area contributed by atoms with E-state index in [1.165, 1.54) is 19.2 Å². The van der Waals surface area contributed by atoms with Crippen molar-refractivity contribution in [3.8, 4) is 0 Å². The van der Waals surface area contributed by atoms with E-state index in [0.29, 0.717) is 18.7 Å². The Morgan fingerprint density at radius 3 is 2.64 bits per heavy atom. The molecule has 0 saturated heterocycles. The van der Waals surface area contributed by atoms with Gasteiger partial charge in [0.05, 0.1) is 12.3 Å². The first-order chi connectivity index (χ1) is 18.5. The summed E-state index contributed by atoms with van der Waals surface area (Å²) in [4.78, 5) is 14.2. The number of aryl methyl sites for hydroxylation is 1. The van der Waals surface area contributed by atoms with Crippen molar-refractivity contribution in [1.82, 2.24) is 10.2 Å². The zero-order valence-corrected chi connectivity index (χ0v) is 23.5. The minimum Gasteiger partial charge on any atom is -0.458 e. The van der Waals surface area contributed by atoms with E-state index in [0.717, 1.165) is 49.0 Å². The van der Waals surface area contributed by atoms with E-state index in [9.17, 15) is 26.4 Å². The standard InChI is InChI=1S/C23H31F3N6O5S2/c1-4-6-7-10-32-16(5-2)9-8-15-13-17(18(14-19(15)32)31-39(34,35)23(24,25)26)27-29-22-30-28-20(38-22)21(33)37-12-11-36-3/h13-14,16,31H,4-12H2,1-3H3. The molecule has 1 aliphatic rings. The van der Waals surface area contributed by atoms with Crippen LogP contribution < -0.4 is 9.62 Å². The number of anilines is 2. The number of alkyl halides is 3. The molecular weight excluding hydrogens is 561 g/mol. The Morgan fingerprint density at radius 1 is 1.21 bits per heavy atom. The predicted molar refractivity (Wildman–Crippen MR) is 141 cm³/mol. The highest BCUT2D eigenvalue weighted by Gasteiger charge is 2.46. The summed E-state index contributed by atoms with van der Waals surface area (Å²) in [5.41, 5.74) is -4.53. The molecule has 1 N–H and O–H groups in total. The van der Waals surface area contributed by atoms with Crippen LogP contribution in [-0.4, -0.2) is 63.0 Å². The van der Waals surface area contributed by atoms with Gasteiger partial charge >= 0.3 is 21.5 Å². The molecule has 0 spiro atoms. The van der Waals surface area contributed by atoms with Crippen LogP contribution in [0.3, 0.4) is 0 Å². The fourth-order valence-corrected chi connectivity index (χ4v) is 5.23. The van der Waals surface area contributed by atoms with Crippen LogP contribution >= 0.6 is 11.3 Å². The Bertz CT molecular complexity index is 1270. The van der Waals surface area contributed by atoms with Gasteiger partial charge in [0.2, 0.25) is 5.01 Å². The van der Waals surface area contributed by atoms with Crippen LogP contribution in [0.15, 0.2) is 22.4 Å². The Balaban J connectivity index is 1.97. The number of esters is 1. The van der Waals surface area contributed by atoms with Crippen LogP contribution in [0.5, 0.6) is 0 Å². The fourth-order valence-electron chi connectivity index (χ4n) is 4.10. The summed E-state index contributed by atoms with van der Waals surface area (Å²) in [5, 5.41) is 15.1. The molecule has 2 aromatic rings. The summed E-state index contributed by atoms with van der Waals surface area (Å²) in [7, 11) is -4.27. The van der Waals surface area contributed by atoms with Crippen molar-refractivity contribution >= 4 is 49.5 Å². The second-order valence-corrected chi connectivity index (χ2v) is 11.4. The average Bonchev–Trinajstić information content (AvgIpc) is 3.36. The highest BCUT2D eigenvalue weighted by Crippen LogP contribution is 2.41. The Hall–Kier alpha value is -2.85. The summed E-state index contributed by atoms with van der Waals surface area (Å²) in [6.07, 6.45) is 5.21. The van der Waals surface area contributed by atoms with Crippen molar-refractivity contribution in [3.05, 3.63) is 22.7 Å². The summed E-state index contributed by atoms with van der Waals surface area (Å²) in [6, 6.07) is 3.10. The topological polar surface area (TPSA) is 135 Å². The molecule has 0 bridgehead atoms. The molecule has 39 heavy (non-hydrogen) atoms. The molecule has 1 aliphatic heterocycles. The van der Waals surface area contributed by atoms with Crippen LogP contribution in [0, 0.1) is 0 Å². The maximum Gasteiger partial charge on any atom is 0.516 e. The molecule has 0 fully saturated rings. The lowest BCUT2D eigenvalue weighted by Gasteiger charge is -2.39. The second-order valence-electron chi connectivity index (χ2n) is 8.77. The summed E-state index contributed by atoms with van der Waals surface area (Å²) < 4.78 is 75.2. The van der Waals surface area contributed by atoms with E-state index in [1.807, 2.05) is 6.92 Å². The van der Waals surface area contributed by atoms with Crippen molar-refractivity contribution in [1.29, 1.82) is 0 Å². The van der Waals surface area contributed by atoms with E-state index in [1.54, 1.807) is 4.72 Å². The molecule has 0 saturated carbocycles. The van der Waals surface area contributed by atoms with Crippen LogP contribution in [0.2, 0.25) is 0 Å². The van der Waals surface area contributed by atoms with Gasteiger partial charge in [-0.3, -0.25) is 4.72 Å². The van der Waals surface area contributed by atoms with Gasteiger partial charge in [-0.15, -0.1) is 20.4 Å². The van der Waals surface area contributed by atoms with Gasteiger partial charge in [0, 0.05) is 25.4 Å².